The molecule has 14 heavy (non-hydrogen) atoms. The molecule has 1 rings (SSSR count). The second-order valence-electron chi connectivity index (χ2n) is 3.54. The summed E-state index contributed by atoms with van der Waals surface area (Å²) in [7, 11) is 0. The molecular weight excluding hydrogens is 190 g/mol. The van der Waals surface area contributed by atoms with Crippen LogP contribution in [0.5, 0.6) is 0 Å². The summed E-state index contributed by atoms with van der Waals surface area (Å²) in [6.07, 6.45) is 5.61. The zero-order valence-corrected chi connectivity index (χ0v) is 9.86. The summed E-state index contributed by atoms with van der Waals surface area (Å²) in [5.41, 5.74) is 8.36. The first kappa shape index (κ1) is 11.6. The maximum absolute atomic E-state index is 5.48. The van der Waals surface area contributed by atoms with Gasteiger partial charge in [-0.25, -0.2) is 0 Å². The van der Waals surface area contributed by atoms with Crippen LogP contribution in [0.15, 0.2) is 23.1 Å². The highest BCUT2D eigenvalue weighted by molar-refractivity contribution is 7.98. The molecule has 0 fully saturated rings. The monoisotopic (exact) mass is 209 g/mol. The maximum atomic E-state index is 5.48. The van der Waals surface area contributed by atoms with E-state index in [2.05, 4.69) is 31.4 Å². The summed E-state index contributed by atoms with van der Waals surface area (Å²) in [4.78, 5) is 1.36. The number of nitrogens with two attached hydrogens (primary N) is 1. The molecule has 0 aromatic heterocycles. The minimum Gasteiger partial charge on any atom is -0.330 e. The SMILES string of the molecule is CSc1ccc(C)c(CCCCN)c1. The molecule has 0 aliphatic heterocycles. The van der Waals surface area contributed by atoms with Crippen LogP contribution in [-0.4, -0.2) is 12.8 Å². The van der Waals surface area contributed by atoms with Gasteiger partial charge in [0.1, 0.15) is 0 Å². The van der Waals surface area contributed by atoms with Gasteiger partial charge in [0.2, 0.25) is 0 Å². The van der Waals surface area contributed by atoms with Crippen LogP contribution in [0.1, 0.15) is 24.0 Å². The first-order valence-electron chi connectivity index (χ1n) is 5.11. The van der Waals surface area contributed by atoms with E-state index in [1.54, 1.807) is 11.8 Å². The Balaban J connectivity index is 2.64. The Bertz CT molecular complexity index is 284. The molecule has 2 N–H and O–H groups in total. The van der Waals surface area contributed by atoms with Crippen molar-refractivity contribution in [3.8, 4) is 0 Å². The van der Waals surface area contributed by atoms with E-state index < -0.39 is 0 Å². The number of rotatable bonds is 5. The smallest absolute Gasteiger partial charge is 0.00720 e. The molecule has 0 aliphatic rings. The van der Waals surface area contributed by atoms with Crippen LogP contribution in [0, 0.1) is 6.92 Å². The van der Waals surface area contributed by atoms with Crippen LogP contribution < -0.4 is 5.73 Å². The summed E-state index contributed by atoms with van der Waals surface area (Å²) in [6, 6.07) is 6.70. The van der Waals surface area contributed by atoms with Gasteiger partial charge >= 0.3 is 0 Å². The molecule has 0 bridgehead atoms. The summed E-state index contributed by atoms with van der Waals surface area (Å²) in [6.45, 7) is 2.99. The fourth-order valence-electron chi connectivity index (χ4n) is 1.50. The Morgan fingerprint density at radius 2 is 2.07 bits per heavy atom. The highest BCUT2D eigenvalue weighted by Gasteiger charge is 1.99. The van der Waals surface area contributed by atoms with E-state index in [0.717, 1.165) is 19.4 Å². The van der Waals surface area contributed by atoms with Gasteiger partial charge in [-0.2, -0.15) is 0 Å². The second kappa shape index (κ2) is 6.10. The van der Waals surface area contributed by atoms with Crippen LogP contribution in [0.4, 0.5) is 0 Å². The van der Waals surface area contributed by atoms with Gasteiger partial charge in [-0.15, -0.1) is 11.8 Å². The topological polar surface area (TPSA) is 26.0 Å². The fraction of sp³-hybridized carbons (Fsp3) is 0.500. The van der Waals surface area contributed by atoms with E-state index in [9.17, 15) is 0 Å². The van der Waals surface area contributed by atoms with Crippen molar-refractivity contribution in [3.63, 3.8) is 0 Å². The third kappa shape index (κ3) is 3.35. The van der Waals surface area contributed by atoms with Gasteiger partial charge in [0.15, 0.2) is 0 Å². The Hall–Kier alpha value is -0.470. The average molecular weight is 209 g/mol. The summed E-state index contributed by atoms with van der Waals surface area (Å²) < 4.78 is 0. The van der Waals surface area contributed by atoms with Crippen LogP contribution >= 0.6 is 11.8 Å². The van der Waals surface area contributed by atoms with Gasteiger partial charge in [-0.05, 0) is 62.2 Å². The van der Waals surface area contributed by atoms with Gasteiger partial charge < -0.3 is 5.73 Å². The standard InChI is InChI=1S/C12H19NS/c1-10-6-7-12(14-2)9-11(10)5-3-4-8-13/h6-7,9H,3-5,8,13H2,1-2H3. The van der Waals surface area contributed by atoms with Crippen molar-refractivity contribution in [1.82, 2.24) is 0 Å². The molecule has 0 saturated heterocycles. The van der Waals surface area contributed by atoms with Crippen molar-refractivity contribution >= 4 is 11.8 Å². The normalized spacial score (nSPS) is 10.5. The lowest BCUT2D eigenvalue weighted by Gasteiger charge is -2.07. The summed E-state index contributed by atoms with van der Waals surface area (Å²) in [5, 5.41) is 0. The molecule has 0 amide bonds. The molecule has 0 saturated carbocycles. The van der Waals surface area contributed by atoms with Crippen molar-refractivity contribution < 1.29 is 0 Å². The molecule has 0 heterocycles. The van der Waals surface area contributed by atoms with Crippen LogP contribution in [0.2, 0.25) is 0 Å². The molecule has 1 nitrogen and oxygen atoms in total. The maximum Gasteiger partial charge on any atom is 0.00720 e. The van der Waals surface area contributed by atoms with E-state index in [1.807, 2.05) is 0 Å². The van der Waals surface area contributed by atoms with Crippen LogP contribution in [0.3, 0.4) is 0 Å². The minimum atomic E-state index is 0.807. The average Bonchev–Trinajstić information content (AvgIpc) is 2.21. The third-order valence-corrected chi connectivity index (χ3v) is 3.18. The number of thioether (sulfide) groups is 1. The largest absolute Gasteiger partial charge is 0.330 e. The summed E-state index contributed by atoms with van der Waals surface area (Å²) >= 11 is 1.81. The van der Waals surface area contributed by atoms with Crippen molar-refractivity contribution in [2.45, 2.75) is 31.1 Å². The zero-order valence-electron chi connectivity index (χ0n) is 9.05. The van der Waals surface area contributed by atoms with Gasteiger partial charge in [0, 0.05) is 4.90 Å². The van der Waals surface area contributed by atoms with Crippen molar-refractivity contribution in [1.29, 1.82) is 0 Å². The minimum absolute atomic E-state index is 0.807. The highest BCUT2D eigenvalue weighted by atomic mass is 32.2. The van der Waals surface area contributed by atoms with Gasteiger partial charge in [-0.1, -0.05) is 6.07 Å². The molecule has 0 radical (unpaired) electrons. The van der Waals surface area contributed by atoms with Crippen LogP contribution in [0.25, 0.3) is 0 Å². The third-order valence-electron chi connectivity index (χ3n) is 2.46. The zero-order chi connectivity index (χ0) is 10.4. The van der Waals surface area contributed by atoms with Crippen LogP contribution in [-0.2, 0) is 6.42 Å². The molecule has 0 unspecified atom stereocenters. The second-order valence-corrected chi connectivity index (χ2v) is 4.42. The van der Waals surface area contributed by atoms with Crippen molar-refractivity contribution in [2.75, 3.05) is 12.8 Å². The van der Waals surface area contributed by atoms with Gasteiger partial charge in [0.25, 0.3) is 0 Å². The molecule has 1 aromatic carbocycles. The predicted molar refractivity (Wildman–Crippen MR) is 65.0 cm³/mol. The molecular formula is C12H19NS. The molecule has 0 aliphatic carbocycles. The van der Waals surface area contributed by atoms with E-state index in [4.69, 9.17) is 5.73 Å². The Morgan fingerprint density at radius 1 is 1.29 bits per heavy atom. The first-order valence-corrected chi connectivity index (χ1v) is 6.34. The van der Waals surface area contributed by atoms with E-state index in [-0.39, 0.29) is 0 Å². The molecule has 78 valence electrons. The van der Waals surface area contributed by atoms with Crippen molar-refractivity contribution in [3.05, 3.63) is 29.3 Å². The molecule has 2 heteroatoms. The van der Waals surface area contributed by atoms with E-state index >= 15 is 0 Å². The Kier molecular flexibility index (Phi) is 5.05. The van der Waals surface area contributed by atoms with Gasteiger partial charge in [-0.3, -0.25) is 0 Å². The number of unbranched alkanes of at least 4 members (excludes halogenated alkanes) is 1. The Morgan fingerprint density at radius 3 is 2.71 bits per heavy atom. The fourth-order valence-corrected chi connectivity index (χ4v) is 1.97. The predicted octanol–water partition coefficient (Wildman–Crippen LogP) is 3.00. The molecule has 1 aromatic rings. The molecule has 0 atom stereocenters. The number of benzene rings is 1. The highest BCUT2D eigenvalue weighted by Crippen LogP contribution is 2.20. The number of hydrogen-bond donors (Lipinski definition) is 1. The number of aryl methyl sites for hydroxylation is 2. The summed E-state index contributed by atoms with van der Waals surface area (Å²) in [5.74, 6) is 0. The lowest BCUT2D eigenvalue weighted by Crippen LogP contribution is -1.99. The van der Waals surface area contributed by atoms with Gasteiger partial charge in [0.05, 0.1) is 0 Å². The first-order chi connectivity index (χ1) is 6.77. The van der Waals surface area contributed by atoms with Crippen molar-refractivity contribution in [2.24, 2.45) is 5.73 Å². The lowest BCUT2D eigenvalue weighted by molar-refractivity contribution is 0.741. The van der Waals surface area contributed by atoms with E-state index in [1.165, 1.54) is 22.4 Å². The van der Waals surface area contributed by atoms with E-state index in [0.29, 0.717) is 0 Å². The quantitative estimate of drug-likeness (QED) is 0.596. The molecule has 0 spiro atoms. The lowest BCUT2D eigenvalue weighted by atomic mass is 10.0. The Labute approximate surface area is 91.1 Å². The number of hydrogen-bond acceptors (Lipinski definition) is 2.